The van der Waals surface area contributed by atoms with Gasteiger partial charge in [-0.3, -0.25) is 4.90 Å². The van der Waals surface area contributed by atoms with Crippen molar-refractivity contribution in [3.05, 3.63) is 35.1 Å². The van der Waals surface area contributed by atoms with Gasteiger partial charge in [-0.05, 0) is 38.0 Å². The van der Waals surface area contributed by atoms with Crippen LogP contribution >= 0.6 is 0 Å². The molecule has 3 nitrogen and oxygen atoms in total. The summed E-state index contributed by atoms with van der Waals surface area (Å²) in [6.45, 7) is 5.17. The molecule has 4 heteroatoms. The van der Waals surface area contributed by atoms with E-state index in [0.717, 1.165) is 32.5 Å². The highest BCUT2D eigenvalue weighted by Gasteiger charge is 2.20. The molecule has 0 N–H and O–H groups in total. The number of halogens is 1. The maximum absolute atomic E-state index is 13.7. The zero-order valence-electron chi connectivity index (χ0n) is 11.2. The zero-order valence-corrected chi connectivity index (χ0v) is 11.2. The van der Waals surface area contributed by atoms with E-state index in [9.17, 15) is 4.39 Å². The molecular weight excluding hydrogens is 243 g/mol. The molecule has 0 aliphatic carbocycles. The van der Waals surface area contributed by atoms with Crippen LogP contribution in [-0.2, 0) is 11.3 Å². The summed E-state index contributed by atoms with van der Waals surface area (Å²) in [4.78, 5) is 2.22. The van der Waals surface area contributed by atoms with Crippen molar-refractivity contribution in [3.63, 3.8) is 0 Å². The summed E-state index contributed by atoms with van der Waals surface area (Å²) in [6.07, 6.45) is 2.33. The van der Waals surface area contributed by atoms with Crippen LogP contribution in [0.4, 0.5) is 4.39 Å². The molecule has 0 radical (unpaired) electrons. The molecule has 1 aliphatic heterocycles. The second-order valence-corrected chi connectivity index (χ2v) is 4.85. The third-order valence-corrected chi connectivity index (χ3v) is 3.51. The van der Waals surface area contributed by atoms with Crippen LogP contribution in [0.25, 0.3) is 0 Å². The predicted molar refractivity (Wildman–Crippen MR) is 71.0 cm³/mol. The normalized spacial score (nSPS) is 17.3. The Morgan fingerprint density at radius 3 is 2.79 bits per heavy atom. The maximum atomic E-state index is 13.7. The van der Waals surface area contributed by atoms with Gasteiger partial charge in [0, 0.05) is 31.8 Å². The van der Waals surface area contributed by atoms with E-state index in [1.165, 1.54) is 12.1 Å². The first-order valence-corrected chi connectivity index (χ1v) is 6.75. The van der Waals surface area contributed by atoms with Gasteiger partial charge >= 0.3 is 0 Å². The third-order valence-electron chi connectivity index (χ3n) is 3.51. The first-order valence-electron chi connectivity index (χ1n) is 6.75. The minimum absolute atomic E-state index is 0.231. The summed E-state index contributed by atoms with van der Waals surface area (Å²) < 4.78 is 19.3. The lowest BCUT2D eigenvalue weighted by Gasteiger charge is -2.31. The van der Waals surface area contributed by atoms with Crippen molar-refractivity contribution in [2.45, 2.75) is 32.4 Å². The lowest BCUT2D eigenvalue weighted by Crippen LogP contribution is -2.36. The Morgan fingerprint density at radius 1 is 1.42 bits per heavy atom. The predicted octanol–water partition coefficient (Wildman–Crippen LogP) is 2.70. The number of ether oxygens (including phenoxy) is 1. The fourth-order valence-corrected chi connectivity index (χ4v) is 2.48. The molecule has 1 heterocycles. The number of nitriles is 1. The Labute approximate surface area is 113 Å². The van der Waals surface area contributed by atoms with Crippen LogP contribution in [0.15, 0.2) is 18.2 Å². The monoisotopic (exact) mass is 262 g/mol. The number of benzene rings is 1. The van der Waals surface area contributed by atoms with E-state index in [1.54, 1.807) is 6.07 Å². The summed E-state index contributed by atoms with van der Waals surface area (Å²) in [6, 6.07) is 6.58. The van der Waals surface area contributed by atoms with E-state index < -0.39 is 0 Å². The second-order valence-electron chi connectivity index (χ2n) is 4.85. The van der Waals surface area contributed by atoms with E-state index in [0.29, 0.717) is 23.8 Å². The molecule has 1 saturated heterocycles. The van der Waals surface area contributed by atoms with Crippen molar-refractivity contribution >= 4 is 0 Å². The molecule has 2 rings (SSSR count). The summed E-state index contributed by atoms with van der Waals surface area (Å²) in [7, 11) is 0. The Hall–Kier alpha value is -1.44. The van der Waals surface area contributed by atoms with Gasteiger partial charge in [0.15, 0.2) is 0 Å². The first kappa shape index (κ1) is 14.0. The Bertz CT molecular complexity index is 462. The van der Waals surface area contributed by atoms with E-state index >= 15 is 0 Å². The summed E-state index contributed by atoms with van der Waals surface area (Å²) in [5, 5.41) is 8.85. The highest BCUT2D eigenvalue weighted by molar-refractivity contribution is 5.33. The Kier molecular flexibility index (Phi) is 4.89. The third kappa shape index (κ3) is 3.76. The molecule has 0 aromatic heterocycles. The molecule has 0 unspecified atom stereocenters. The van der Waals surface area contributed by atoms with E-state index in [1.807, 2.05) is 6.92 Å². The van der Waals surface area contributed by atoms with Gasteiger partial charge in [-0.1, -0.05) is 0 Å². The SMILES string of the molecule is CCOC1CCN(Cc2cc(C#N)ccc2F)CC1. The average Bonchev–Trinajstić information content (AvgIpc) is 2.44. The van der Waals surface area contributed by atoms with E-state index in [2.05, 4.69) is 11.0 Å². The highest BCUT2D eigenvalue weighted by Crippen LogP contribution is 2.18. The van der Waals surface area contributed by atoms with Gasteiger partial charge in [0.25, 0.3) is 0 Å². The lowest BCUT2D eigenvalue weighted by molar-refractivity contribution is 0.0123. The van der Waals surface area contributed by atoms with E-state index in [4.69, 9.17) is 10.00 Å². The highest BCUT2D eigenvalue weighted by atomic mass is 19.1. The molecule has 102 valence electrons. The smallest absolute Gasteiger partial charge is 0.127 e. The quantitative estimate of drug-likeness (QED) is 0.837. The molecule has 0 bridgehead atoms. The van der Waals surface area contributed by atoms with Gasteiger partial charge in [0.05, 0.1) is 17.7 Å². The number of hydrogen-bond acceptors (Lipinski definition) is 3. The molecule has 0 spiro atoms. The minimum atomic E-state index is -0.231. The zero-order chi connectivity index (χ0) is 13.7. The number of rotatable bonds is 4. The largest absolute Gasteiger partial charge is 0.378 e. The van der Waals surface area contributed by atoms with Gasteiger partial charge in [0.2, 0.25) is 0 Å². The molecule has 1 aromatic carbocycles. The molecule has 0 saturated carbocycles. The fourth-order valence-electron chi connectivity index (χ4n) is 2.48. The second kappa shape index (κ2) is 6.65. The van der Waals surface area contributed by atoms with Crippen LogP contribution in [0.5, 0.6) is 0 Å². The van der Waals surface area contributed by atoms with Crippen molar-refractivity contribution in [3.8, 4) is 6.07 Å². The van der Waals surface area contributed by atoms with Crippen LogP contribution in [-0.4, -0.2) is 30.7 Å². The molecule has 1 aliphatic rings. The van der Waals surface area contributed by atoms with Crippen LogP contribution < -0.4 is 0 Å². The summed E-state index contributed by atoms with van der Waals surface area (Å²) in [5.41, 5.74) is 1.12. The number of nitrogens with zero attached hydrogens (tertiary/aromatic N) is 2. The van der Waals surface area contributed by atoms with Crippen LogP contribution in [0.3, 0.4) is 0 Å². The summed E-state index contributed by atoms with van der Waals surface area (Å²) in [5.74, 6) is -0.231. The van der Waals surface area contributed by atoms with Crippen molar-refractivity contribution in [1.82, 2.24) is 4.90 Å². The van der Waals surface area contributed by atoms with Crippen LogP contribution in [0.1, 0.15) is 30.9 Å². The van der Waals surface area contributed by atoms with Crippen molar-refractivity contribution in [2.24, 2.45) is 0 Å². The van der Waals surface area contributed by atoms with Crippen LogP contribution in [0.2, 0.25) is 0 Å². The van der Waals surface area contributed by atoms with Gasteiger partial charge in [-0.25, -0.2) is 4.39 Å². The van der Waals surface area contributed by atoms with Gasteiger partial charge in [-0.2, -0.15) is 5.26 Å². The number of likely N-dealkylation sites (tertiary alicyclic amines) is 1. The van der Waals surface area contributed by atoms with Gasteiger partial charge < -0.3 is 4.74 Å². The molecule has 1 fully saturated rings. The maximum Gasteiger partial charge on any atom is 0.127 e. The standard InChI is InChI=1S/C15H19FN2O/c1-2-19-14-5-7-18(8-6-14)11-13-9-12(10-17)3-4-15(13)16/h3-4,9,14H,2,5-8,11H2,1H3. The molecule has 0 atom stereocenters. The summed E-state index contributed by atoms with van der Waals surface area (Å²) >= 11 is 0. The number of hydrogen-bond donors (Lipinski definition) is 0. The molecular formula is C15H19FN2O. The molecule has 19 heavy (non-hydrogen) atoms. The molecule has 1 aromatic rings. The Morgan fingerprint density at radius 2 is 2.16 bits per heavy atom. The van der Waals surface area contributed by atoms with Crippen LogP contribution in [0, 0.1) is 17.1 Å². The lowest BCUT2D eigenvalue weighted by atomic mass is 10.1. The van der Waals surface area contributed by atoms with Crippen molar-refractivity contribution < 1.29 is 9.13 Å². The van der Waals surface area contributed by atoms with Crippen molar-refractivity contribution in [1.29, 1.82) is 5.26 Å². The minimum Gasteiger partial charge on any atom is -0.378 e. The topological polar surface area (TPSA) is 36.3 Å². The first-order chi connectivity index (χ1) is 9.22. The van der Waals surface area contributed by atoms with E-state index in [-0.39, 0.29) is 5.82 Å². The molecule has 0 amide bonds. The van der Waals surface area contributed by atoms with Gasteiger partial charge in [-0.15, -0.1) is 0 Å². The van der Waals surface area contributed by atoms with Gasteiger partial charge in [0.1, 0.15) is 5.82 Å². The Balaban J connectivity index is 1.94. The average molecular weight is 262 g/mol. The number of piperidine rings is 1. The fraction of sp³-hybridized carbons (Fsp3) is 0.533. The van der Waals surface area contributed by atoms with Crippen molar-refractivity contribution in [2.75, 3.05) is 19.7 Å².